The Morgan fingerprint density at radius 1 is 1.35 bits per heavy atom. The Morgan fingerprint density at radius 2 is 2.12 bits per heavy atom. The maximum atomic E-state index is 13.9. The number of benzene rings is 1. The molecule has 1 aliphatic rings. The van der Waals surface area contributed by atoms with Gasteiger partial charge in [0.2, 0.25) is 5.91 Å². The lowest BCUT2D eigenvalue weighted by Gasteiger charge is -2.34. The van der Waals surface area contributed by atoms with Gasteiger partial charge in [0, 0.05) is 32.7 Å². The number of amides is 1. The summed E-state index contributed by atoms with van der Waals surface area (Å²) in [5, 5.41) is 0.403. The molecule has 1 atom stereocenters. The van der Waals surface area contributed by atoms with E-state index in [-0.39, 0.29) is 17.3 Å². The highest BCUT2D eigenvalue weighted by Gasteiger charge is 2.29. The zero-order chi connectivity index (χ0) is 18.8. The van der Waals surface area contributed by atoms with Crippen molar-refractivity contribution in [2.45, 2.75) is 12.8 Å². The topological polar surface area (TPSA) is 39.7 Å². The van der Waals surface area contributed by atoms with Gasteiger partial charge in [0.15, 0.2) is 10.9 Å². The summed E-state index contributed by atoms with van der Waals surface area (Å²) in [6.45, 7) is 3.63. The fourth-order valence-corrected chi connectivity index (χ4v) is 4.23. The van der Waals surface area contributed by atoms with Crippen LogP contribution in [0.3, 0.4) is 0 Å². The number of nitrogens with zero attached hydrogens (tertiary/aromatic N) is 4. The highest BCUT2D eigenvalue weighted by atomic mass is 32.1. The number of carbonyl (C=O) groups excluding carboxylic acids is 1. The molecule has 0 bridgehead atoms. The molecule has 3 rings (SSSR count). The van der Waals surface area contributed by atoms with Crippen LogP contribution < -0.4 is 4.90 Å². The van der Waals surface area contributed by atoms with E-state index < -0.39 is 11.6 Å². The number of thiazole rings is 1. The molecule has 1 fully saturated rings. The minimum absolute atomic E-state index is 0.0144. The van der Waals surface area contributed by atoms with E-state index in [0.29, 0.717) is 9.83 Å². The van der Waals surface area contributed by atoms with Gasteiger partial charge >= 0.3 is 0 Å². The molecule has 0 N–H and O–H groups in total. The van der Waals surface area contributed by atoms with Crippen LogP contribution in [0.2, 0.25) is 0 Å². The number of halogens is 2. The van der Waals surface area contributed by atoms with Crippen molar-refractivity contribution in [1.82, 2.24) is 14.8 Å². The van der Waals surface area contributed by atoms with Crippen LogP contribution in [-0.4, -0.2) is 68.0 Å². The summed E-state index contributed by atoms with van der Waals surface area (Å²) < 4.78 is 27.7. The van der Waals surface area contributed by atoms with Crippen molar-refractivity contribution in [2.24, 2.45) is 5.92 Å². The normalized spacial score (nSPS) is 18.6. The van der Waals surface area contributed by atoms with Crippen molar-refractivity contribution < 1.29 is 13.6 Å². The molecule has 142 valence electrons. The van der Waals surface area contributed by atoms with Gasteiger partial charge in [-0.3, -0.25) is 9.69 Å². The molecular formula is C18H24F2N4OS. The van der Waals surface area contributed by atoms with Crippen LogP contribution in [0.5, 0.6) is 0 Å². The Balaban J connectivity index is 1.72. The van der Waals surface area contributed by atoms with E-state index in [1.165, 1.54) is 11.0 Å². The first kappa shape index (κ1) is 19.1. The number of hydrogen-bond donors (Lipinski definition) is 0. The number of rotatable bonds is 5. The van der Waals surface area contributed by atoms with E-state index in [1.54, 1.807) is 7.05 Å². The second kappa shape index (κ2) is 7.94. The molecule has 2 heterocycles. The zero-order valence-electron chi connectivity index (χ0n) is 15.3. The highest BCUT2D eigenvalue weighted by molar-refractivity contribution is 7.22. The maximum absolute atomic E-state index is 13.9. The Morgan fingerprint density at radius 3 is 2.85 bits per heavy atom. The van der Waals surface area contributed by atoms with Gasteiger partial charge in [0.25, 0.3) is 0 Å². The number of carbonyl (C=O) groups is 1. The minimum Gasteiger partial charge on any atom is -0.308 e. The van der Waals surface area contributed by atoms with Gasteiger partial charge in [-0.05, 0) is 39.5 Å². The predicted molar refractivity (Wildman–Crippen MR) is 101 cm³/mol. The van der Waals surface area contributed by atoms with Crippen LogP contribution in [0.15, 0.2) is 12.1 Å². The molecule has 1 aromatic heterocycles. The first-order valence-corrected chi connectivity index (χ1v) is 9.57. The molecule has 1 aliphatic heterocycles. The Hall–Kier alpha value is -1.64. The van der Waals surface area contributed by atoms with E-state index in [0.717, 1.165) is 56.4 Å². The quantitative estimate of drug-likeness (QED) is 0.797. The van der Waals surface area contributed by atoms with Crippen LogP contribution in [0, 0.1) is 17.6 Å². The van der Waals surface area contributed by atoms with Crippen molar-refractivity contribution in [2.75, 3.05) is 52.2 Å². The summed E-state index contributed by atoms with van der Waals surface area (Å²) in [4.78, 5) is 23.0. The molecule has 0 radical (unpaired) electrons. The summed E-state index contributed by atoms with van der Waals surface area (Å²) in [7, 11) is 5.73. The largest absolute Gasteiger partial charge is 0.308 e. The first-order chi connectivity index (χ1) is 12.3. The van der Waals surface area contributed by atoms with E-state index in [9.17, 15) is 13.6 Å². The van der Waals surface area contributed by atoms with Gasteiger partial charge in [-0.1, -0.05) is 11.3 Å². The third-order valence-electron chi connectivity index (χ3n) is 4.74. The van der Waals surface area contributed by atoms with Gasteiger partial charge < -0.3 is 9.80 Å². The first-order valence-electron chi connectivity index (χ1n) is 8.75. The third kappa shape index (κ3) is 4.19. The molecule has 0 saturated carbocycles. The molecule has 1 amide bonds. The molecule has 8 heteroatoms. The minimum atomic E-state index is -0.698. The number of piperidine rings is 1. The Labute approximate surface area is 156 Å². The Kier molecular flexibility index (Phi) is 5.84. The molecule has 0 spiro atoms. The lowest BCUT2D eigenvalue weighted by Crippen LogP contribution is -2.45. The SMILES string of the molecule is CN(C)CCN1CCCC(C(=O)N(C)c2nc3c(F)cc(F)cc3s2)C1. The van der Waals surface area contributed by atoms with E-state index in [2.05, 4.69) is 14.8 Å². The lowest BCUT2D eigenvalue weighted by atomic mass is 9.97. The molecular weight excluding hydrogens is 358 g/mol. The molecule has 0 aliphatic carbocycles. The lowest BCUT2D eigenvalue weighted by molar-refractivity contribution is -0.123. The van der Waals surface area contributed by atoms with Gasteiger partial charge in [0.1, 0.15) is 11.3 Å². The summed E-state index contributed by atoms with van der Waals surface area (Å²) in [6, 6.07) is 2.07. The van der Waals surface area contributed by atoms with Gasteiger partial charge in [-0.15, -0.1) is 0 Å². The summed E-state index contributed by atoms with van der Waals surface area (Å²) in [6.07, 6.45) is 1.83. The van der Waals surface area contributed by atoms with E-state index in [4.69, 9.17) is 0 Å². The number of anilines is 1. The molecule has 1 saturated heterocycles. The average Bonchev–Trinajstić information content (AvgIpc) is 3.03. The van der Waals surface area contributed by atoms with Gasteiger partial charge in [-0.25, -0.2) is 13.8 Å². The van der Waals surface area contributed by atoms with Crippen molar-refractivity contribution in [3.63, 3.8) is 0 Å². The zero-order valence-corrected chi connectivity index (χ0v) is 16.2. The van der Waals surface area contributed by atoms with Crippen molar-refractivity contribution in [1.29, 1.82) is 0 Å². The second-order valence-electron chi connectivity index (χ2n) is 7.07. The number of hydrogen-bond acceptors (Lipinski definition) is 5. The molecule has 1 aromatic carbocycles. The number of aromatic nitrogens is 1. The van der Waals surface area contributed by atoms with Crippen molar-refractivity contribution >= 4 is 32.6 Å². The standard InChI is InChI=1S/C18H24F2N4OS/c1-22(2)7-8-24-6-4-5-12(11-24)17(25)23(3)18-21-16-14(20)9-13(19)10-15(16)26-18/h9-10,12H,4-8,11H2,1-3H3. The highest BCUT2D eigenvalue weighted by Crippen LogP contribution is 2.32. The number of likely N-dealkylation sites (N-methyl/N-ethyl adjacent to an activating group) is 1. The van der Waals surface area contributed by atoms with Crippen molar-refractivity contribution in [3.8, 4) is 0 Å². The predicted octanol–water partition coefficient (Wildman–Crippen LogP) is 2.81. The van der Waals surface area contributed by atoms with Crippen LogP contribution in [-0.2, 0) is 4.79 Å². The third-order valence-corrected chi connectivity index (χ3v) is 5.82. The summed E-state index contributed by atoms with van der Waals surface area (Å²) in [5.74, 6) is -1.44. The maximum Gasteiger partial charge on any atom is 0.232 e. The van der Waals surface area contributed by atoms with Gasteiger partial charge in [-0.2, -0.15) is 0 Å². The van der Waals surface area contributed by atoms with Crippen LogP contribution >= 0.6 is 11.3 Å². The molecule has 5 nitrogen and oxygen atoms in total. The van der Waals surface area contributed by atoms with Crippen LogP contribution in [0.1, 0.15) is 12.8 Å². The van der Waals surface area contributed by atoms with E-state index in [1.807, 2.05) is 14.1 Å². The molecule has 2 aromatic rings. The number of fused-ring (bicyclic) bond motifs is 1. The number of likely N-dealkylation sites (tertiary alicyclic amines) is 1. The van der Waals surface area contributed by atoms with Crippen LogP contribution in [0.4, 0.5) is 13.9 Å². The summed E-state index contributed by atoms with van der Waals surface area (Å²) in [5.41, 5.74) is 0.113. The molecule has 1 unspecified atom stereocenters. The summed E-state index contributed by atoms with van der Waals surface area (Å²) >= 11 is 1.13. The Bertz CT molecular complexity index is 795. The second-order valence-corrected chi connectivity index (χ2v) is 8.08. The van der Waals surface area contributed by atoms with Crippen molar-refractivity contribution in [3.05, 3.63) is 23.8 Å². The van der Waals surface area contributed by atoms with E-state index >= 15 is 0 Å². The van der Waals surface area contributed by atoms with Crippen LogP contribution in [0.25, 0.3) is 10.2 Å². The van der Waals surface area contributed by atoms with Gasteiger partial charge in [0.05, 0.1) is 10.6 Å². The monoisotopic (exact) mass is 382 g/mol. The fourth-order valence-electron chi connectivity index (χ4n) is 3.26. The smallest absolute Gasteiger partial charge is 0.232 e. The average molecular weight is 382 g/mol. The molecule has 26 heavy (non-hydrogen) atoms. The fraction of sp³-hybridized carbons (Fsp3) is 0.556.